The van der Waals surface area contributed by atoms with E-state index in [1.165, 1.54) is 7.11 Å². The number of ether oxygens (including phenoxy) is 1. The van der Waals surface area contributed by atoms with Crippen molar-refractivity contribution in [2.75, 3.05) is 13.8 Å². The number of alkyl halides is 1. The van der Waals surface area contributed by atoms with Crippen molar-refractivity contribution in [1.29, 1.82) is 0 Å². The van der Waals surface area contributed by atoms with Gasteiger partial charge in [-0.15, -0.1) is 0 Å². The van der Waals surface area contributed by atoms with Crippen LogP contribution < -0.4 is 0 Å². The van der Waals surface area contributed by atoms with Crippen molar-refractivity contribution in [3.05, 3.63) is 0 Å². The van der Waals surface area contributed by atoms with Crippen LogP contribution in [0, 0.1) is 0 Å². The van der Waals surface area contributed by atoms with Gasteiger partial charge in [0.2, 0.25) is 0 Å². The molecule has 0 aliphatic rings. The number of carbonyl (C=O) groups is 1. The number of halogens is 1. The number of esters is 1. The maximum Gasteiger partial charge on any atom is 0.305 e. The SMILES string of the molecule is COC(=O)CCCCCCCF. The van der Waals surface area contributed by atoms with E-state index in [1.807, 2.05) is 0 Å². The first-order valence-corrected chi connectivity index (χ1v) is 4.44. The Kier molecular flexibility index (Phi) is 8.07. The Morgan fingerprint density at radius 1 is 1.17 bits per heavy atom. The van der Waals surface area contributed by atoms with Gasteiger partial charge in [0.25, 0.3) is 0 Å². The molecule has 0 aliphatic heterocycles. The van der Waals surface area contributed by atoms with Gasteiger partial charge in [-0.1, -0.05) is 19.3 Å². The van der Waals surface area contributed by atoms with Gasteiger partial charge in [0.1, 0.15) is 0 Å². The number of unbranched alkanes of at least 4 members (excludes halogenated alkanes) is 4. The highest BCUT2D eigenvalue weighted by Crippen LogP contribution is 2.05. The molecule has 0 aliphatic carbocycles. The number of carbonyl (C=O) groups excluding carboxylic acids is 1. The monoisotopic (exact) mass is 176 g/mol. The van der Waals surface area contributed by atoms with Crippen molar-refractivity contribution in [3.63, 3.8) is 0 Å². The summed E-state index contributed by atoms with van der Waals surface area (Å²) in [5.41, 5.74) is 0. The van der Waals surface area contributed by atoms with Crippen molar-refractivity contribution in [3.8, 4) is 0 Å². The zero-order chi connectivity index (χ0) is 9.23. The van der Waals surface area contributed by atoms with Crippen LogP contribution in [-0.2, 0) is 9.53 Å². The molecular formula is C9H17FO2. The maximum atomic E-state index is 11.6. The molecule has 0 spiro atoms. The molecule has 0 aromatic heterocycles. The van der Waals surface area contributed by atoms with Gasteiger partial charge in [0.15, 0.2) is 0 Å². The Balaban J connectivity index is 2.95. The molecule has 0 aromatic carbocycles. The first kappa shape index (κ1) is 11.4. The van der Waals surface area contributed by atoms with E-state index in [1.54, 1.807) is 0 Å². The van der Waals surface area contributed by atoms with Crippen LogP contribution in [0.4, 0.5) is 4.39 Å². The molecular weight excluding hydrogens is 159 g/mol. The minimum Gasteiger partial charge on any atom is -0.469 e. The van der Waals surface area contributed by atoms with E-state index in [0.717, 1.165) is 25.7 Å². The molecule has 0 saturated carbocycles. The molecule has 3 heteroatoms. The van der Waals surface area contributed by atoms with E-state index in [4.69, 9.17) is 0 Å². The summed E-state index contributed by atoms with van der Waals surface area (Å²) < 4.78 is 16.1. The molecule has 0 N–H and O–H groups in total. The van der Waals surface area contributed by atoms with Gasteiger partial charge < -0.3 is 4.74 Å². The lowest BCUT2D eigenvalue weighted by Crippen LogP contribution is -1.99. The third-order valence-electron chi connectivity index (χ3n) is 1.74. The topological polar surface area (TPSA) is 26.3 Å². The van der Waals surface area contributed by atoms with Crippen molar-refractivity contribution < 1.29 is 13.9 Å². The second-order valence-electron chi connectivity index (χ2n) is 2.78. The average Bonchev–Trinajstić information content (AvgIpc) is 2.10. The smallest absolute Gasteiger partial charge is 0.305 e. The summed E-state index contributed by atoms with van der Waals surface area (Å²) >= 11 is 0. The Hall–Kier alpha value is -0.600. The highest BCUT2D eigenvalue weighted by Gasteiger charge is 1.98. The molecule has 72 valence electrons. The molecule has 0 bridgehead atoms. The largest absolute Gasteiger partial charge is 0.469 e. The zero-order valence-electron chi connectivity index (χ0n) is 7.64. The van der Waals surface area contributed by atoms with Gasteiger partial charge in [-0.05, 0) is 12.8 Å². The normalized spacial score (nSPS) is 9.83. The summed E-state index contributed by atoms with van der Waals surface area (Å²) in [5, 5.41) is 0. The number of hydrogen-bond acceptors (Lipinski definition) is 2. The maximum absolute atomic E-state index is 11.6. The molecule has 0 amide bonds. The van der Waals surface area contributed by atoms with Crippen molar-refractivity contribution in [2.45, 2.75) is 38.5 Å². The molecule has 0 unspecified atom stereocenters. The fourth-order valence-electron chi connectivity index (χ4n) is 0.996. The number of rotatable bonds is 7. The second-order valence-corrected chi connectivity index (χ2v) is 2.78. The second kappa shape index (κ2) is 8.50. The van der Waals surface area contributed by atoms with Crippen LogP contribution in [0.5, 0.6) is 0 Å². The van der Waals surface area contributed by atoms with E-state index in [9.17, 15) is 9.18 Å². The third kappa shape index (κ3) is 7.51. The van der Waals surface area contributed by atoms with Crippen LogP contribution in [0.1, 0.15) is 38.5 Å². The predicted molar refractivity (Wildman–Crippen MR) is 45.7 cm³/mol. The quantitative estimate of drug-likeness (QED) is 0.440. The molecule has 0 rings (SSSR count). The standard InChI is InChI=1S/C9H17FO2/c1-12-9(11)7-5-3-2-4-6-8-10/h2-8H2,1H3. The molecule has 0 saturated heterocycles. The summed E-state index contributed by atoms with van der Waals surface area (Å²) in [6.45, 7) is -0.225. The molecule has 0 radical (unpaired) electrons. The van der Waals surface area contributed by atoms with Crippen LogP contribution >= 0.6 is 0 Å². The summed E-state index contributed by atoms with van der Waals surface area (Å²) in [4.78, 5) is 10.6. The Morgan fingerprint density at radius 2 is 1.75 bits per heavy atom. The van der Waals surface area contributed by atoms with Crippen LogP contribution in [0.25, 0.3) is 0 Å². The highest BCUT2D eigenvalue weighted by molar-refractivity contribution is 5.68. The number of hydrogen-bond donors (Lipinski definition) is 0. The first-order chi connectivity index (χ1) is 5.81. The van der Waals surface area contributed by atoms with E-state index in [-0.39, 0.29) is 12.6 Å². The third-order valence-corrected chi connectivity index (χ3v) is 1.74. The summed E-state index contributed by atoms with van der Waals surface area (Å²) in [6.07, 6.45) is 4.94. The van der Waals surface area contributed by atoms with E-state index in [0.29, 0.717) is 12.8 Å². The fraction of sp³-hybridized carbons (Fsp3) is 0.889. The lowest BCUT2D eigenvalue weighted by atomic mass is 10.1. The lowest BCUT2D eigenvalue weighted by Gasteiger charge is -1.98. The van der Waals surface area contributed by atoms with Crippen LogP contribution in [0.15, 0.2) is 0 Å². The van der Waals surface area contributed by atoms with Gasteiger partial charge in [-0.25, -0.2) is 0 Å². The Labute approximate surface area is 73.1 Å². The molecule has 0 atom stereocenters. The van der Waals surface area contributed by atoms with E-state index >= 15 is 0 Å². The summed E-state index contributed by atoms with van der Waals surface area (Å²) in [5.74, 6) is -0.152. The lowest BCUT2D eigenvalue weighted by molar-refractivity contribution is -0.140. The Morgan fingerprint density at radius 3 is 2.33 bits per heavy atom. The minimum atomic E-state index is -0.225. The fourth-order valence-corrected chi connectivity index (χ4v) is 0.996. The minimum absolute atomic E-state index is 0.152. The summed E-state index contributed by atoms with van der Waals surface area (Å²) in [6, 6.07) is 0. The Bertz CT molecular complexity index is 115. The van der Waals surface area contributed by atoms with Gasteiger partial charge in [-0.3, -0.25) is 9.18 Å². The van der Waals surface area contributed by atoms with Gasteiger partial charge in [0.05, 0.1) is 13.8 Å². The first-order valence-electron chi connectivity index (χ1n) is 4.44. The van der Waals surface area contributed by atoms with Crippen LogP contribution in [-0.4, -0.2) is 19.8 Å². The van der Waals surface area contributed by atoms with Crippen molar-refractivity contribution in [1.82, 2.24) is 0 Å². The van der Waals surface area contributed by atoms with Crippen LogP contribution in [0.3, 0.4) is 0 Å². The van der Waals surface area contributed by atoms with Crippen molar-refractivity contribution in [2.24, 2.45) is 0 Å². The van der Waals surface area contributed by atoms with Gasteiger partial charge in [0, 0.05) is 6.42 Å². The van der Waals surface area contributed by atoms with E-state index in [2.05, 4.69) is 4.74 Å². The van der Waals surface area contributed by atoms with Crippen molar-refractivity contribution >= 4 is 5.97 Å². The molecule has 0 heterocycles. The molecule has 12 heavy (non-hydrogen) atoms. The highest BCUT2D eigenvalue weighted by atomic mass is 19.1. The predicted octanol–water partition coefficient (Wildman–Crippen LogP) is 2.47. The zero-order valence-corrected chi connectivity index (χ0v) is 7.64. The number of methoxy groups -OCH3 is 1. The molecule has 2 nitrogen and oxygen atoms in total. The van der Waals surface area contributed by atoms with Gasteiger partial charge >= 0.3 is 5.97 Å². The summed E-state index contributed by atoms with van der Waals surface area (Å²) in [7, 11) is 1.39. The van der Waals surface area contributed by atoms with E-state index < -0.39 is 0 Å². The van der Waals surface area contributed by atoms with Gasteiger partial charge in [-0.2, -0.15) is 0 Å². The molecule has 0 aromatic rings. The molecule has 0 fully saturated rings. The average molecular weight is 176 g/mol. The van der Waals surface area contributed by atoms with Crippen LogP contribution in [0.2, 0.25) is 0 Å².